The molecule has 1 aromatic carbocycles. The van der Waals surface area contributed by atoms with Crippen LogP contribution in [0.25, 0.3) is 33.4 Å². The zero-order chi connectivity index (χ0) is 22.2. The predicted molar refractivity (Wildman–Crippen MR) is 130 cm³/mol. The van der Waals surface area contributed by atoms with E-state index in [2.05, 4.69) is 20.1 Å². The largest absolute Gasteiger partial charge is 0.396 e. The summed E-state index contributed by atoms with van der Waals surface area (Å²) >= 11 is 1.95. The van der Waals surface area contributed by atoms with Gasteiger partial charge in [0.2, 0.25) is 0 Å². The Kier molecular flexibility index (Phi) is 5.18. The highest BCUT2D eigenvalue weighted by Crippen LogP contribution is 2.38. The Labute approximate surface area is 189 Å². The summed E-state index contributed by atoms with van der Waals surface area (Å²) in [7, 11) is 0. The van der Waals surface area contributed by atoms with E-state index in [1.54, 1.807) is 6.20 Å². The molecule has 0 radical (unpaired) electrons. The number of nitrogens with two attached hydrogens (primary N) is 2. The van der Waals surface area contributed by atoms with Crippen molar-refractivity contribution in [3.05, 3.63) is 53.9 Å². The summed E-state index contributed by atoms with van der Waals surface area (Å²) in [6, 6.07) is 11.7. The molecule has 3 aromatic heterocycles. The number of benzene rings is 1. The fourth-order valence-electron chi connectivity index (χ4n) is 4.10. The molecule has 32 heavy (non-hydrogen) atoms. The summed E-state index contributed by atoms with van der Waals surface area (Å²) in [4.78, 5) is 23.9. The summed E-state index contributed by atoms with van der Waals surface area (Å²) in [5, 5.41) is 8.07. The standard InChI is InChI=1S/C23H23N7OS/c1-13-5-6-16-15(12-26-29-16)20(13)14-11-18(28-22(21(14)24)23(25)31)17-3-2-4-19(27-17)30-7-9-32-10-8-30/h2-6,11-12H,7-10,24H2,1H3,(H2,25,31)(H,26,29). The summed E-state index contributed by atoms with van der Waals surface area (Å²) in [5.41, 5.74) is 17.1. The van der Waals surface area contributed by atoms with Crippen LogP contribution in [-0.4, -0.2) is 50.7 Å². The number of nitrogens with one attached hydrogen (secondary N) is 1. The Balaban J connectivity index is 1.70. The van der Waals surface area contributed by atoms with Crippen LogP contribution in [0.1, 0.15) is 16.1 Å². The van der Waals surface area contributed by atoms with Crippen LogP contribution in [0.3, 0.4) is 0 Å². The van der Waals surface area contributed by atoms with Gasteiger partial charge in [0.1, 0.15) is 5.82 Å². The highest BCUT2D eigenvalue weighted by Gasteiger charge is 2.21. The third-order valence-corrected chi connectivity index (χ3v) is 6.67. The van der Waals surface area contributed by atoms with Crippen LogP contribution in [-0.2, 0) is 0 Å². The molecule has 1 saturated heterocycles. The van der Waals surface area contributed by atoms with E-state index in [9.17, 15) is 4.79 Å². The maximum atomic E-state index is 12.2. The van der Waals surface area contributed by atoms with Crippen molar-refractivity contribution in [2.45, 2.75) is 6.92 Å². The van der Waals surface area contributed by atoms with Crippen molar-refractivity contribution in [1.82, 2.24) is 20.2 Å². The average molecular weight is 446 g/mol. The summed E-state index contributed by atoms with van der Waals surface area (Å²) in [5.74, 6) is 2.38. The maximum Gasteiger partial charge on any atom is 0.269 e. The predicted octanol–water partition coefficient (Wildman–Crippen LogP) is 3.23. The molecule has 5 rings (SSSR count). The van der Waals surface area contributed by atoms with Gasteiger partial charge in [-0.1, -0.05) is 12.1 Å². The molecule has 0 aliphatic carbocycles. The number of hydrogen-bond donors (Lipinski definition) is 3. The third kappa shape index (κ3) is 3.54. The minimum absolute atomic E-state index is 0.0407. The van der Waals surface area contributed by atoms with Gasteiger partial charge in [-0.15, -0.1) is 0 Å². The third-order valence-electron chi connectivity index (χ3n) is 5.73. The minimum atomic E-state index is -0.674. The number of fused-ring (bicyclic) bond motifs is 1. The van der Waals surface area contributed by atoms with Gasteiger partial charge < -0.3 is 16.4 Å². The second-order valence-electron chi connectivity index (χ2n) is 7.75. The number of hydrogen-bond acceptors (Lipinski definition) is 7. The summed E-state index contributed by atoms with van der Waals surface area (Å²) < 4.78 is 0. The molecule has 8 nitrogen and oxygen atoms in total. The van der Waals surface area contributed by atoms with Crippen molar-refractivity contribution in [3.8, 4) is 22.5 Å². The van der Waals surface area contributed by atoms with Gasteiger partial charge in [-0.2, -0.15) is 16.9 Å². The zero-order valence-corrected chi connectivity index (χ0v) is 18.4. The number of anilines is 2. The van der Waals surface area contributed by atoms with Crippen molar-refractivity contribution >= 4 is 40.1 Å². The van der Waals surface area contributed by atoms with Gasteiger partial charge in [0.15, 0.2) is 5.69 Å². The molecule has 1 fully saturated rings. The molecule has 1 aliphatic rings. The molecule has 1 aliphatic heterocycles. The van der Waals surface area contributed by atoms with Gasteiger partial charge in [0.25, 0.3) is 5.91 Å². The molecule has 4 heterocycles. The zero-order valence-electron chi connectivity index (χ0n) is 17.6. The number of carbonyl (C=O) groups excluding carboxylic acids is 1. The van der Waals surface area contributed by atoms with E-state index >= 15 is 0 Å². The Morgan fingerprint density at radius 1 is 1.12 bits per heavy atom. The SMILES string of the molecule is Cc1ccc2[nH]ncc2c1-c1cc(-c2cccc(N3CCSCC3)n2)nc(C(N)=O)c1N. The lowest BCUT2D eigenvalue weighted by Crippen LogP contribution is -2.33. The van der Waals surface area contributed by atoms with Gasteiger partial charge in [-0.25, -0.2) is 9.97 Å². The molecule has 0 unspecified atom stereocenters. The number of amides is 1. The first kappa shape index (κ1) is 20.3. The van der Waals surface area contributed by atoms with E-state index in [0.29, 0.717) is 17.0 Å². The van der Waals surface area contributed by atoms with E-state index in [4.69, 9.17) is 16.5 Å². The normalized spacial score (nSPS) is 14.1. The highest BCUT2D eigenvalue weighted by molar-refractivity contribution is 7.99. The lowest BCUT2D eigenvalue weighted by Gasteiger charge is -2.27. The molecule has 162 valence electrons. The number of aryl methyl sites for hydroxylation is 1. The van der Waals surface area contributed by atoms with Gasteiger partial charge in [0, 0.05) is 35.5 Å². The van der Waals surface area contributed by atoms with Crippen LogP contribution < -0.4 is 16.4 Å². The van der Waals surface area contributed by atoms with Gasteiger partial charge >= 0.3 is 0 Å². The van der Waals surface area contributed by atoms with Gasteiger partial charge in [0.05, 0.1) is 28.8 Å². The lowest BCUT2D eigenvalue weighted by molar-refractivity contribution is 0.0996. The van der Waals surface area contributed by atoms with Crippen LogP contribution in [0, 0.1) is 6.92 Å². The number of pyridine rings is 2. The number of nitrogen functional groups attached to an aromatic ring is 1. The van der Waals surface area contributed by atoms with Crippen molar-refractivity contribution in [3.63, 3.8) is 0 Å². The molecule has 0 atom stereocenters. The monoisotopic (exact) mass is 445 g/mol. The molecule has 5 N–H and O–H groups in total. The first-order valence-electron chi connectivity index (χ1n) is 10.4. The first-order valence-corrected chi connectivity index (χ1v) is 11.5. The molecule has 0 bridgehead atoms. The number of nitrogens with zero attached hydrogens (tertiary/aromatic N) is 4. The van der Waals surface area contributed by atoms with E-state index in [0.717, 1.165) is 52.4 Å². The van der Waals surface area contributed by atoms with E-state index in [1.807, 2.05) is 55.1 Å². The van der Waals surface area contributed by atoms with Crippen molar-refractivity contribution in [1.29, 1.82) is 0 Å². The van der Waals surface area contributed by atoms with E-state index in [-0.39, 0.29) is 11.4 Å². The number of H-pyrrole nitrogens is 1. The van der Waals surface area contributed by atoms with Crippen molar-refractivity contribution in [2.24, 2.45) is 5.73 Å². The fourth-order valence-corrected chi connectivity index (χ4v) is 5.00. The van der Waals surface area contributed by atoms with E-state index in [1.165, 1.54) is 0 Å². The molecule has 4 aromatic rings. The quantitative estimate of drug-likeness (QED) is 0.440. The molecular formula is C23H23N7OS. The Bertz CT molecular complexity index is 1330. The number of primary amides is 1. The van der Waals surface area contributed by atoms with Crippen molar-refractivity contribution in [2.75, 3.05) is 35.2 Å². The fraction of sp³-hybridized carbons (Fsp3) is 0.217. The van der Waals surface area contributed by atoms with E-state index < -0.39 is 5.91 Å². The molecule has 1 amide bonds. The number of carbonyl (C=O) groups is 1. The number of thioether (sulfide) groups is 1. The number of aromatic amines is 1. The first-order chi connectivity index (χ1) is 15.5. The van der Waals surface area contributed by atoms with Gasteiger partial charge in [-0.3, -0.25) is 9.89 Å². The smallest absolute Gasteiger partial charge is 0.269 e. The second kappa shape index (κ2) is 8.16. The maximum absolute atomic E-state index is 12.2. The molecule has 0 saturated carbocycles. The topological polar surface area (TPSA) is 127 Å². The number of aromatic nitrogens is 4. The highest BCUT2D eigenvalue weighted by atomic mass is 32.2. The van der Waals surface area contributed by atoms with Crippen LogP contribution in [0.4, 0.5) is 11.5 Å². The summed E-state index contributed by atoms with van der Waals surface area (Å²) in [6.45, 7) is 3.91. The van der Waals surface area contributed by atoms with Crippen LogP contribution in [0.15, 0.2) is 42.6 Å². The number of rotatable bonds is 4. The Hall–Kier alpha value is -3.59. The van der Waals surface area contributed by atoms with Crippen LogP contribution in [0.2, 0.25) is 0 Å². The Morgan fingerprint density at radius 3 is 2.72 bits per heavy atom. The molecule has 0 spiro atoms. The lowest BCUT2D eigenvalue weighted by atomic mass is 9.94. The summed E-state index contributed by atoms with van der Waals surface area (Å²) in [6.07, 6.45) is 1.76. The molecule has 9 heteroatoms. The minimum Gasteiger partial charge on any atom is -0.396 e. The Morgan fingerprint density at radius 2 is 1.94 bits per heavy atom. The average Bonchev–Trinajstić information content (AvgIpc) is 3.29. The van der Waals surface area contributed by atoms with Crippen LogP contribution >= 0.6 is 11.8 Å². The molecular weight excluding hydrogens is 422 g/mol. The van der Waals surface area contributed by atoms with Crippen LogP contribution in [0.5, 0.6) is 0 Å². The second-order valence-corrected chi connectivity index (χ2v) is 8.98. The van der Waals surface area contributed by atoms with Gasteiger partial charge in [-0.05, 0) is 42.3 Å². The van der Waals surface area contributed by atoms with Crippen molar-refractivity contribution < 1.29 is 4.79 Å².